The van der Waals surface area contributed by atoms with Gasteiger partial charge in [0.2, 0.25) is 0 Å². The van der Waals surface area contributed by atoms with Gasteiger partial charge in [-0.05, 0) is 31.9 Å². The molecule has 0 heterocycles. The average Bonchev–Trinajstić information content (AvgIpc) is 2.52. The Morgan fingerprint density at radius 2 is 1.52 bits per heavy atom. The van der Waals surface area contributed by atoms with Crippen molar-refractivity contribution in [3.05, 3.63) is 83.4 Å². The Labute approximate surface area is 128 Å². The van der Waals surface area contributed by atoms with Crippen molar-refractivity contribution < 1.29 is 0 Å². The third kappa shape index (κ3) is 4.87. The van der Waals surface area contributed by atoms with E-state index in [0.29, 0.717) is 6.04 Å². The van der Waals surface area contributed by atoms with E-state index in [2.05, 4.69) is 92.4 Å². The van der Waals surface area contributed by atoms with Gasteiger partial charge in [0.1, 0.15) is 0 Å². The summed E-state index contributed by atoms with van der Waals surface area (Å²) in [6, 6.07) is 21.8. The van der Waals surface area contributed by atoms with Gasteiger partial charge in [0.25, 0.3) is 0 Å². The van der Waals surface area contributed by atoms with Crippen LogP contribution in [0.3, 0.4) is 0 Å². The largest absolute Gasteiger partial charge is 0.289 e. The van der Waals surface area contributed by atoms with Crippen molar-refractivity contribution in [1.82, 2.24) is 4.90 Å². The Kier molecular flexibility index (Phi) is 5.77. The minimum Gasteiger partial charge on any atom is -0.289 e. The summed E-state index contributed by atoms with van der Waals surface area (Å²) in [5.74, 6) is 0. The fourth-order valence-electron chi connectivity index (χ4n) is 2.42. The second-order valence-electron chi connectivity index (χ2n) is 5.78. The lowest BCUT2D eigenvalue weighted by Gasteiger charge is -2.28. The molecular weight excluding hydrogens is 254 g/mol. The molecule has 0 N–H and O–H groups in total. The van der Waals surface area contributed by atoms with E-state index in [1.54, 1.807) is 0 Å². The molecule has 0 aliphatic carbocycles. The number of allylic oxidation sites excluding steroid dienone is 1. The van der Waals surface area contributed by atoms with Crippen LogP contribution in [0.2, 0.25) is 0 Å². The van der Waals surface area contributed by atoms with Crippen LogP contribution in [0.1, 0.15) is 37.9 Å². The number of rotatable bonds is 6. The maximum atomic E-state index is 2.51. The highest BCUT2D eigenvalue weighted by molar-refractivity contribution is 5.20. The molecule has 0 saturated heterocycles. The van der Waals surface area contributed by atoms with Crippen molar-refractivity contribution in [2.45, 2.75) is 33.4 Å². The Bertz CT molecular complexity index is 553. The fraction of sp³-hybridized carbons (Fsp3) is 0.300. The normalized spacial score (nSPS) is 12.2. The molecule has 2 aromatic carbocycles. The Morgan fingerprint density at radius 1 is 0.952 bits per heavy atom. The van der Waals surface area contributed by atoms with Gasteiger partial charge in [-0.15, -0.1) is 0 Å². The predicted octanol–water partition coefficient (Wildman–Crippen LogP) is 5.22. The lowest BCUT2D eigenvalue weighted by atomic mass is 10.1. The van der Waals surface area contributed by atoms with E-state index in [9.17, 15) is 0 Å². The van der Waals surface area contributed by atoms with E-state index in [-0.39, 0.29) is 0 Å². The van der Waals surface area contributed by atoms with E-state index in [1.807, 2.05) is 0 Å². The summed E-state index contributed by atoms with van der Waals surface area (Å²) >= 11 is 0. The zero-order valence-corrected chi connectivity index (χ0v) is 13.3. The van der Waals surface area contributed by atoms with Crippen molar-refractivity contribution in [3.63, 3.8) is 0 Å². The van der Waals surface area contributed by atoms with Crippen molar-refractivity contribution in [2.75, 3.05) is 6.54 Å². The minimum atomic E-state index is 0.405. The minimum absolute atomic E-state index is 0.405. The average molecular weight is 279 g/mol. The maximum Gasteiger partial charge on any atom is 0.0326 e. The highest BCUT2D eigenvalue weighted by atomic mass is 15.1. The lowest BCUT2D eigenvalue weighted by molar-refractivity contribution is 0.224. The molecule has 0 fully saturated rings. The van der Waals surface area contributed by atoms with E-state index in [0.717, 1.165) is 13.1 Å². The number of hydrogen-bond donors (Lipinski definition) is 0. The quantitative estimate of drug-likeness (QED) is 0.656. The van der Waals surface area contributed by atoms with E-state index >= 15 is 0 Å². The van der Waals surface area contributed by atoms with Gasteiger partial charge < -0.3 is 0 Å². The summed E-state index contributed by atoms with van der Waals surface area (Å²) in [6.45, 7) is 8.56. The van der Waals surface area contributed by atoms with Crippen LogP contribution in [0.25, 0.3) is 0 Å². The molecule has 2 rings (SSSR count). The Hall–Kier alpha value is -1.86. The highest BCUT2D eigenvalue weighted by Gasteiger charge is 2.14. The van der Waals surface area contributed by atoms with Gasteiger partial charge in [-0.3, -0.25) is 4.90 Å². The molecule has 2 aromatic rings. The zero-order valence-electron chi connectivity index (χ0n) is 13.3. The summed E-state index contributed by atoms with van der Waals surface area (Å²) in [5, 5.41) is 0. The van der Waals surface area contributed by atoms with Crippen LogP contribution in [0.15, 0.2) is 72.3 Å². The van der Waals surface area contributed by atoms with Crippen LogP contribution < -0.4 is 0 Å². The van der Waals surface area contributed by atoms with Crippen molar-refractivity contribution in [3.8, 4) is 0 Å². The molecule has 0 aliphatic rings. The third-order valence-electron chi connectivity index (χ3n) is 3.79. The van der Waals surface area contributed by atoms with Crippen LogP contribution in [0.4, 0.5) is 0 Å². The molecule has 0 unspecified atom stereocenters. The second kappa shape index (κ2) is 7.80. The van der Waals surface area contributed by atoms with Gasteiger partial charge in [0.05, 0.1) is 0 Å². The summed E-state index contributed by atoms with van der Waals surface area (Å²) in [5.41, 5.74) is 4.10. The first-order valence-electron chi connectivity index (χ1n) is 7.63. The Balaban J connectivity index is 2.17. The summed E-state index contributed by atoms with van der Waals surface area (Å²) < 4.78 is 0. The fourth-order valence-corrected chi connectivity index (χ4v) is 2.42. The molecule has 0 aromatic heterocycles. The first kappa shape index (κ1) is 15.5. The standard InChI is InChI=1S/C20H25N/c1-17(2)14-15-21(16-19-10-6-4-7-11-19)18(3)20-12-8-5-9-13-20/h4-14,18H,15-16H2,1-3H3/t18-/m0/s1. The maximum absolute atomic E-state index is 2.51. The molecule has 0 amide bonds. The molecule has 1 atom stereocenters. The van der Waals surface area contributed by atoms with Gasteiger partial charge in [-0.25, -0.2) is 0 Å². The number of benzene rings is 2. The van der Waals surface area contributed by atoms with Gasteiger partial charge in [-0.1, -0.05) is 72.3 Å². The summed E-state index contributed by atoms with van der Waals surface area (Å²) in [7, 11) is 0. The van der Waals surface area contributed by atoms with Crippen molar-refractivity contribution in [2.24, 2.45) is 0 Å². The highest BCUT2D eigenvalue weighted by Crippen LogP contribution is 2.22. The Morgan fingerprint density at radius 3 is 2.10 bits per heavy atom. The number of hydrogen-bond acceptors (Lipinski definition) is 1. The molecule has 0 spiro atoms. The molecule has 0 saturated carbocycles. The van der Waals surface area contributed by atoms with Crippen LogP contribution in [0, 0.1) is 0 Å². The SMILES string of the molecule is CC(C)=CCN(Cc1ccccc1)[C@@H](C)c1ccccc1. The van der Waals surface area contributed by atoms with Crippen LogP contribution in [-0.4, -0.2) is 11.4 Å². The topological polar surface area (TPSA) is 3.24 Å². The van der Waals surface area contributed by atoms with Crippen LogP contribution in [0.5, 0.6) is 0 Å². The zero-order chi connectivity index (χ0) is 15.1. The van der Waals surface area contributed by atoms with E-state index in [4.69, 9.17) is 0 Å². The van der Waals surface area contributed by atoms with Gasteiger partial charge >= 0.3 is 0 Å². The van der Waals surface area contributed by atoms with E-state index < -0.39 is 0 Å². The molecule has 1 nitrogen and oxygen atoms in total. The lowest BCUT2D eigenvalue weighted by Crippen LogP contribution is -2.27. The van der Waals surface area contributed by atoms with Crippen LogP contribution in [-0.2, 0) is 6.54 Å². The number of nitrogens with zero attached hydrogens (tertiary/aromatic N) is 1. The van der Waals surface area contributed by atoms with E-state index in [1.165, 1.54) is 16.7 Å². The summed E-state index contributed by atoms with van der Waals surface area (Å²) in [6.07, 6.45) is 2.31. The molecule has 0 radical (unpaired) electrons. The van der Waals surface area contributed by atoms with Crippen molar-refractivity contribution in [1.29, 1.82) is 0 Å². The molecule has 21 heavy (non-hydrogen) atoms. The van der Waals surface area contributed by atoms with Crippen molar-refractivity contribution >= 4 is 0 Å². The second-order valence-corrected chi connectivity index (χ2v) is 5.78. The first-order valence-corrected chi connectivity index (χ1v) is 7.63. The third-order valence-corrected chi connectivity index (χ3v) is 3.79. The predicted molar refractivity (Wildman–Crippen MR) is 91.1 cm³/mol. The molecule has 0 bridgehead atoms. The molecular formula is C20H25N. The smallest absolute Gasteiger partial charge is 0.0326 e. The molecule has 0 aliphatic heterocycles. The van der Waals surface area contributed by atoms with Gasteiger partial charge in [0.15, 0.2) is 0 Å². The van der Waals surface area contributed by atoms with Gasteiger partial charge in [0, 0.05) is 19.1 Å². The first-order chi connectivity index (χ1) is 10.2. The monoisotopic (exact) mass is 279 g/mol. The molecule has 1 heteroatoms. The summed E-state index contributed by atoms with van der Waals surface area (Å²) in [4.78, 5) is 2.51. The van der Waals surface area contributed by atoms with Gasteiger partial charge in [-0.2, -0.15) is 0 Å². The molecule has 110 valence electrons. The van der Waals surface area contributed by atoms with Crippen LogP contribution >= 0.6 is 0 Å².